The van der Waals surface area contributed by atoms with E-state index in [9.17, 15) is 9.59 Å². The first-order valence-corrected chi connectivity index (χ1v) is 5.86. The summed E-state index contributed by atoms with van der Waals surface area (Å²) in [6, 6.07) is 6.81. The van der Waals surface area contributed by atoms with Crippen LogP contribution < -0.4 is 5.73 Å². The number of hydrogen-bond donors (Lipinski definition) is 1. The van der Waals surface area contributed by atoms with E-state index in [-0.39, 0.29) is 12.5 Å². The van der Waals surface area contributed by atoms with Crippen molar-refractivity contribution in [3.8, 4) is 0 Å². The van der Waals surface area contributed by atoms with E-state index in [1.54, 1.807) is 30.1 Å². The van der Waals surface area contributed by atoms with E-state index >= 15 is 0 Å². The van der Waals surface area contributed by atoms with Crippen LogP contribution in [0.25, 0.3) is 0 Å². The van der Waals surface area contributed by atoms with Crippen molar-refractivity contribution in [1.82, 2.24) is 4.90 Å². The highest BCUT2D eigenvalue weighted by molar-refractivity contribution is 5.92. The van der Waals surface area contributed by atoms with Crippen molar-refractivity contribution in [3.05, 3.63) is 29.8 Å². The molecule has 2 rings (SSSR count). The molecule has 0 saturated heterocycles. The molecular weight excluding hydrogens is 232 g/mol. The summed E-state index contributed by atoms with van der Waals surface area (Å²) >= 11 is 0. The standard InChI is InChI=1S/C13H16N2O3/c1-15(11-5-6-11)12(16)8-18-13(17)9-3-2-4-10(14)7-9/h2-4,7,11H,5-6,8,14H2,1H3. The van der Waals surface area contributed by atoms with Gasteiger partial charge in [-0.15, -0.1) is 0 Å². The highest BCUT2D eigenvalue weighted by atomic mass is 16.5. The van der Waals surface area contributed by atoms with Gasteiger partial charge in [0, 0.05) is 18.8 Å². The highest BCUT2D eigenvalue weighted by Crippen LogP contribution is 2.25. The summed E-state index contributed by atoms with van der Waals surface area (Å²) in [5.41, 5.74) is 6.42. The summed E-state index contributed by atoms with van der Waals surface area (Å²) in [6.07, 6.45) is 2.07. The monoisotopic (exact) mass is 248 g/mol. The Bertz CT molecular complexity index is 469. The molecule has 2 N–H and O–H groups in total. The van der Waals surface area contributed by atoms with Gasteiger partial charge < -0.3 is 15.4 Å². The molecule has 0 bridgehead atoms. The van der Waals surface area contributed by atoms with Crippen LogP contribution in [0.15, 0.2) is 24.3 Å². The fraction of sp³-hybridized carbons (Fsp3) is 0.385. The fourth-order valence-electron chi connectivity index (χ4n) is 1.64. The van der Waals surface area contributed by atoms with Gasteiger partial charge in [0.15, 0.2) is 6.61 Å². The molecule has 0 aromatic heterocycles. The number of carbonyl (C=O) groups excluding carboxylic acids is 2. The van der Waals surface area contributed by atoms with Gasteiger partial charge in [-0.2, -0.15) is 0 Å². The third-order valence-electron chi connectivity index (χ3n) is 2.94. The number of carbonyl (C=O) groups is 2. The molecule has 96 valence electrons. The van der Waals surface area contributed by atoms with Gasteiger partial charge in [0.2, 0.25) is 0 Å². The van der Waals surface area contributed by atoms with E-state index in [0.29, 0.717) is 17.3 Å². The summed E-state index contributed by atoms with van der Waals surface area (Å²) in [4.78, 5) is 24.9. The lowest BCUT2D eigenvalue weighted by Gasteiger charge is -2.15. The van der Waals surface area contributed by atoms with Crippen molar-refractivity contribution < 1.29 is 14.3 Å². The molecule has 0 aliphatic heterocycles. The van der Waals surface area contributed by atoms with Crippen molar-refractivity contribution in [3.63, 3.8) is 0 Å². The van der Waals surface area contributed by atoms with E-state index in [0.717, 1.165) is 12.8 Å². The molecule has 0 unspecified atom stereocenters. The minimum atomic E-state index is -0.528. The zero-order chi connectivity index (χ0) is 13.1. The third kappa shape index (κ3) is 3.00. The Labute approximate surface area is 106 Å². The largest absolute Gasteiger partial charge is 0.452 e. The Morgan fingerprint density at radius 2 is 2.17 bits per heavy atom. The van der Waals surface area contributed by atoms with Crippen molar-refractivity contribution in [2.75, 3.05) is 19.4 Å². The number of nitrogen functional groups attached to an aromatic ring is 1. The van der Waals surface area contributed by atoms with E-state index < -0.39 is 5.97 Å². The summed E-state index contributed by atoms with van der Waals surface area (Å²) < 4.78 is 4.96. The van der Waals surface area contributed by atoms with Gasteiger partial charge >= 0.3 is 5.97 Å². The number of esters is 1. The molecule has 1 aromatic carbocycles. The lowest BCUT2D eigenvalue weighted by molar-refractivity contribution is -0.133. The smallest absolute Gasteiger partial charge is 0.338 e. The molecule has 1 aliphatic rings. The zero-order valence-electron chi connectivity index (χ0n) is 10.3. The number of likely N-dealkylation sites (N-methyl/N-ethyl adjacent to an activating group) is 1. The van der Waals surface area contributed by atoms with Gasteiger partial charge in [0.05, 0.1) is 5.56 Å². The number of ether oxygens (including phenoxy) is 1. The van der Waals surface area contributed by atoms with Gasteiger partial charge in [0.25, 0.3) is 5.91 Å². The average molecular weight is 248 g/mol. The topological polar surface area (TPSA) is 72.6 Å². The van der Waals surface area contributed by atoms with Gasteiger partial charge in [-0.05, 0) is 31.0 Å². The molecule has 5 nitrogen and oxygen atoms in total. The highest BCUT2D eigenvalue weighted by Gasteiger charge is 2.29. The molecule has 5 heteroatoms. The number of rotatable bonds is 4. The predicted octanol–water partition coefficient (Wildman–Crippen LogP) is 1.05. The van der Waals surface area contributed by atoms with E-state index in [2.05, 4.69) is 0 Å². The van der Waals surface area contributed by atoms with Gasteiger partial charge in [-0.25, -0.2) is 4.79 Å². The predicted molar refractivity (Wildman–Crippen MR) is 66.9 cm³/mol. The summed E-state index contributed by atoms with van der Waals surface area (Å²) in [6.45, 7) is -0.222. The minimum Gasteiger partial charge on any atom is -0.452 e. The van der Waals surface area contributed by atoms with E-state index in [1.807, 2.05) is 0 Å². The molecule has 0 radical (unpaired) electrons. The summed E-state index contributed by atoms with van der Waals surface area (Å²) in [5.74, 6) is -0.699. The Morgan fingerprint density at radius 1 is 1.44 bits per heavy atom. The van der Waals surface area contributed by atoms with Crippen LogP contribution in [0.5, 0.6) is 0 Å². The van der Waals surface area contributed by atoms with Crippen LogP contribution >= 0.6 is 0 Å². The SMILES string of the molecule is CN(C(=O)COC(=O)c1cccc(N)c1)C1CC1. The van der Waals surface area contributed by atoms with Crippen LogP contribution in [0.3, 0.4) is 0 Å². The number of amides is 1. The van der Waals surface area contributed by atoms with E-state index in [1.165, 1.54) is 6.07 Å². The number of nitrogens with two attached hydrogens (primary N) is 1. The van der Waals surface area contributed by atoms with Crippen LogP contribution in [0.4, 0.5) is 5.69 Å². The molecular formula is C13H16N2O3. The quantitative estimate of drug-likeness (QED) is 0.638. The number of nitrogens with zero attached hydrogens (tertiary/aromatic N) is 1. The van der Waals surface area contributed by atoms with Crippen LogP contribution in [-0.4, -0.2) is 36.5 Å². The van der Waals surface area contributed by atoms with Crippen LogP contribution in [-0.2, 0) is 9.53 Å². The van der Waals surface area contributed by atoms with Crippen molar-refractivity contribution in [2.24, 2.45) is 0 Å². The fourth-order valence-corrected chi connectivity index (χ4v) is 1.64. The van der Waals surface area contributed by atoms with Crippen LogP contribution in [0.1, 0.15) is 23.2 Å². The van der Waals surface area contributed by atoms with Crippen molar-refractivity contribution >= 4 is 17.6 Å². The molecule has 0 heterocycles. The van der Waals surface area contributed by atoms with Gasteiger partial charge in [-0.1, -0.05) is 6.07 Å². The zero-order valence-corrected chi connectivity index (χ0v) is 10.3. The second kappa shape index (κ2) is 5.08. The van der Waals surface area contributed by atoms with E-state index in [4.69, 9.17) is 10.5 Å². The van der Waals surface area contributed by atoms with Crippen molar-refractivity contribution in [2.45, 2.75) is 18.9 Å². The first-order valence-electron chi connectivity index (χ1n) is 5.86. The number of anilines is 1. The number of hydrogen-bond acceptors (Lipinski definition) is 4. The maximum Gasteiger partial charge on any atom is 0.338 e. The molecule has 1 amide bonds. The molecule has 1 aromatic rings. The maximum absolute atomic E-state index is 11.7. The van der Waals surface area contributed by atoms with Crippen molar-refractivity contribution in [1.29, 1.82) is 0 Å². The lowest BCUT2D eigenvalue weighted by Crippen LogP contribution is -2.32. The minimum absolute atomic E-state index is 0.172. The van der Waals surface area contributed by atoms with Gasteiger partial charge in [0.1, 0.15) is 0 Å². The maximum atomic E-state index is 11.7. The summed E-state index contributed by atoms with van der Waals surface area (Å²) in [7, 11) is 1.73. The molecule has 1 fully saturated rings. The number of benzene rings is 1. The van der Waals surface area contributed by atoms with Crippen LogP contribution in [0.2, 0.25) is 0 Å². The second-order valence-electron chi connectivity index (χ2n) is 4.44. The Hall–Kier alpha value is -2.04. The summed E-state index contributed by atoms with van der Waals surface area (Å²) in [5, 5.41) is 0. The molecule has 1 saturated carbocycles. The normalized spacial score (nSPS) is 14.1. The molecule has 0 atom stereocenters. The van der Waals surface area contributed by atoms with Crippen LogP contribution in [0, 0.1) is 0 Å². The van der Waals surface area contributed by atoms with Gasteiger partial charge in [-0.3, -0.25) is 4.79 Å². The Kier molecular flexibility index (Phi) is 3.50. The second-order valence-corrected chi connectivity index (χ2v) is 4.44. The Morgan fingerprint density at radius 3 is 2.78 bits per heavy atom. The lowest BCUT2D eigenvalue weighted by atomic mass is 10.2. The molecule has 0 spiro atoms. The molecule has 18 heavy (non-hydrogen) atoms. The average Bonchev–Trinajstić information content (AvgIpc) is 3.18. The third-order valence-corrected chi connectivity index (χ3v) is 2.94. The molecule has 1 aliphatic carbocycles. The first-order chi connectivity index (χ1) is 8.58. The first kappa shape index (κ1) is 12.4. The Balaban J connectivity index is 1.86.